The Hall–Kier alpha value is -1.61. The van der Waals surface area contributed by atoms with Gasteiger partial charge in [0.15, 0.2) is 0 Å². The quantitative estimate of drug-likeness (QED) is 0.599. The van der Waals surface area contributed by atoms with Gasteiger partial charge in [-0.3, -0.25) is 4.79 Å². The maximum absolute atomic E-state index is 11.2. The summed E-state index contributed by atoms with van der Waals surface area (Å²) in [6.45, 7) is 0. The summed E-state index contributed by atoms with van der Waals surface area (Å²) in [5, 5.41) is 0.634. The predicted octanol–water partition coefficient (Wildman–Crippen LogP) is 1.95. The SMILES string of the molecule is [CH3-].[NH-]c1ccc2c(CC(N)=O)cc(=O)oc2c1.[W+2]. The summed E-state index contributed by atoms with van der Waals surface area (Å²) in [5.41, 5.74) is 13.0. The van der Waals surface area contributed by atoms with Gasteiger partial charge in [0.1, 0.15) is 5.58 Å². The molecule has 1 aromatic carbocycles. The van der Waals surface area contributed by atoms with Crippen LogP contribution < -0.4 is 11.4 Å². The average Bonchev–Trinajstić information content (AvgIpc) is 2.15. The topological polar surface area (TPSA) is 97.1 Å². The van der Waals surface area contributed by atoms with E-state index in [-0.39, 0.29) is 40.6 Å². The van der Waals surface area contributed by atoms with Crippen LogP contribution in [0.1, 0.15) is 5.56 Å². The first-order valence-corrected chi connectivity index (χ1v) is 4.63. The van der Waals surface area contributed by atoms with Gasteiger partial charge < -0.3 is 23.3 Å². The summed E-state index contributed by atoms with van der Waals surface area (Å²) < 4.78 is 4.94. The van der Waals surface area contributed by atoms with E-state index in [0.717, 1.165) is 0 Å². The number of benzene rings is 1. The number of nitrogens with one attached hydrogen (secondary N) is 1. The number of carbonyl (C=O) groups is 1. The molecule has 18 heavy (non-hydrogen) atoms. The normalized spacial score (nSPS) is 9.33. The Labute approximate surface area is 118 Å². The minimum Gasteiger partial charge on any atom is -0.699 e. The molecule has 0 radical (unpaired) electrons. The third-order valence-electron chi connectivity index (χ3n) is 2.19. The second-order valence-corrected chi connectivity index (χ2v) is 3.44. The molecule has 0 saturated carbocycles. The van der Waals surface area contributed by atoms with E-state index in [1.165, 1.54) is 12.1 Å². The second-order valence-electron chi connectivity index (χ2n) is 3.44. The number of hydrogen-bond acceptors (Lipinski definition) is 3. The first-order valence-electron chi connectivity index (χ1n) is 4.63. The van der Waals surface area contributed by atoms with Crippen LogP contribution in [-0.4, -0.2) is 5.91 Å². The van der Waals surface area contributed by atoms with Crippen molar-refractivity contribution in [3.05, 3.63) is 53.4 Å². The summed E-state index contributed by atoms with van der Waals surface area (Å²) in [4.78, 5) is 22.1. The van der Waals surface area contributed by atoms with Crippen molar-refractivity contribution >= 4 is 22.6 Å². The Morgan fingerprint density at radius 2 is 2.00 bits per heavy atom. The van der Waals surface area contributed by atoms with Crippen molar-refractivity contribution in [3.63, 3.8) is 0 Å². The van der Waals surface area contributed by atoms with Crippen LogP contribution in [0.3, 0.4) is 0 Å². The minimum absolute atomic E-state index is 0. The van der Waals surface area contributed by atoms with Crippen molar-refractivity contribution in [3.8, 4) is 0 Å². The molecule has 0 fully saturated rings. The van der Waals surface area contributed by atoms with Crippen molar-refractivity contribution in [1.29, 1.82) is 0 Å². The number of rotatable bonds is 2. The number of amides is 1. The second kappa shape index (κ2) is 6.36. The molecule has 0 saturated heterocycles. The van der Waals surface area contributed by atoms with Crippen molar-refractivity contribution in [1.82, 2.24) is 0 Å². The molecule has 94 valence electrons. The van der Waals surface area contributed by atoms with Crippen LogP contribution in [0.2, 0.25) is 0 Å². The van der Waals surface area contributed by atoms with Crippen molar-refractivity contribution in [2.75, 3.05) is 0 Å². The molecular formula is C12H12N2O3W. The van der Waals surface area contributed by atoms with Crippen LogP contribution in [0, 0.1) is 7.43 Å². The van der Waals surface area contributed by atoms with Crippen molar-refractivity contribution < 1.29 is 30.3 Å². The van der Waals surface area contributed by atoms with E-state index in [1.54, 1.807) is 12.1 Å². The van der Waals surface area contributed by atoms with Crippen LogP contribution in [0.5, 0.6) is 0 Å². The van der Waals surface area contributed by atoms with E-state index in [9.17, 15) is 9.59 Å². The first-order chi connectivity index (χ1) is 7.56. The Bertz CT molecular complexity index is 622. The van der Waals surface area contributed by atoms with Crippen molar-refractivity contribution in [2.24, 2.45) is 5.73 Å². The maximum Gasteiger partial charge on any atom is 2.00 e. The van der Waals surface area contributed by atoms with E-state index < -0.39 is 11.5 Å². The van der Waals surface area contributed by atoms with Crippen LogP contribution in [0.15, 0.2) is 33.5 Å². The van der Waals surface area contributed by atoms with Crippen molar-refractivity contribution in [2.45, 2.75) is 6.42 Å². The van der Waals surface area contributed by atoms with Gasteiger partial charge in [-0.2, -0.15) is 0 Å². The molecule has 1 heterocycles. The summed E-state index contributed by atoms with van der Waals surface area (Å²) in [5.74, 6) is -0.512. The molecule has 2 aromatic rings. The van der Waals surface area contributed by atoms with Crippen LogP contribution >= 0.6 is 0 Å². The molecule has 0 aliphatic carbocycles. The third-order valence-corrected chi connectivity index (χ3v) is 2.19. The summed E-state index contributed by atoms with van der Waals surface area (Å²) >= 11 is 0. The molecule has 6 heteroatoms. The number of primary amides is 1. The fourth-order valence-electron chi connectivity index (χ4n) is 1.56. The van der Waals surface area contributed by atoms with Gasteiger partial charge in [0.25, 0.3) is 0 Å². The van der Waals surface area contributed by atoms with Crippen LogP contribution in [-0.2, 0) is 32.3 Å². The maximum atomic E-state index is 11.2. The van der Waals surface area contributed by atoms with E-state index in [2.05, 4.69) is 0 Å². The Morgan fingerprint density at radius 3 is 2.61 bits per heavy atom. The van der Waals surface area contributed by atoms with Gasteiger partial charge in [-0.25, -0.2) is 4.79 Å². The number of hydrogen-bond donors (Lipinski definition) is 1. The molecule has 0 aliphatic rings. The van der Waals surface area contributed by atoms with E-state index in [1.807, 2.05) is 0 Å². The monoisotopic (exact) mass is 416 g/mol. The fraction of sp³-hybridized carbons (Fsp3) is 0.0833. The summed E-state index contributed by atoms with van der Waals surface area (Å²) in [6, 6.07) is 5.88. The summed E-state index contributed by atoms with van der Waals surface area (Å²) in [6.07, 6.45) is -0.0144. The van der Waals surface area contributed by atoms with E-state index in [0.29, 0.717) is 16.5 Å². The van der Waals surface area contributed by atoms with Gasteiger partial charge in [-0.1, -0.05) is 12.1 Å². The van der Waals surface area contributed by atoms with Gasteiger partial charge in [0, 0.05) is 11.5 Å². The molecule has 0 spiro atoms. The zero-order valence-electron chi connectivity index (χ0n) is 9.73. The fourth-order valence-corrected chi connectivity index (χ4v) is 1.56. The van der Waals surface area contributed by atoms with E-state index >= 15 is 0 Å². The molecule has 0 unspecified atom stereocenters. The van der Waals surface area contributed by atoms with Gasteiger partial charge in [-0.15, -0.1) is 5.69 Å². The largest absolute Gasteiger partial charge is 2.00 e. The number of nitrogens with two attached hydrogens (primary N) is 1. The molecule has 5 nitrogen and oxygen atoms in total. The minimum atomic E-state index is -0.547. The number of fused-ring (bicyclic) bond motifs is 1. The van der Waals surface area contributed by atoms with Gasteiger partial charge >= 0.3 is 26.7 Å². The standard InChI is InChI=1S/C11H10N2O3.CH3.W/c12-7-1-2-8-6(3-10(13)14)4-11(15)16-9(8)5-7;;/h1-2,4-5H,3H2,(H4,12,13,14,15);1H3;/q;-1;+2/p-1. The Kier molecular flexibility index (Phi) is 5.79. The van der Waals surface area contributed by atoms with Crippen LogP contribution in [0.4, 0.5) is 5.69 Å². The van der Waals surface area contributed by atoms with Crippen LogP contribution in [0.25, 0.3) is 16.7 Å². The Morgan fingerprint density at radius 1 is 1.33 bits per heavy atom. The van der Waals surface area contributed by atoms with Gasteiger partial charge in [-0.05, 0) is 11.6 Å². The molecule has 2 rings (SSSR count). The number of carbonyl (C=O) groups excluding carboxylic acids is 1. The molecule has 0 aliphatic heterocycles. The first kappa shape index (κ1) is 16.4. The predicted molar refractivity (Wildman–Crippen MR) is 65.8 cm³/mol. The van der Waals surface area contributed by atoms with Gasteiger partial charge in [0.2, 0.25) is 5.91 Å². The molecule has 1 amide bonds. The molecule has 1 aromatic heterocycles. The average molecular weight is 416 g/mol. The smallest absolute Gasteiger partial charge is 0.699 e. The molecule has 0 atom stereocenters. The van der Waals surface area contributed by atoms with Gasteiger partial charge in [0.05, 0.1) is 6.42 Å². The zero-order valence-corrected chi connectivity index (χ0v) is 12.7. The van der Waals surface area contributed by atoms with E-state index in [4.69, 9.17) is 15.9 Å². The summed E-state index contributed by atoms with van der Waals surface area (Å²) in [7, 11) is 0. The Balaban J connectivity index is 0.00000144. The third kappa shape index (κ3) is 3.44. The molecule has 3 N–H and O–H groups in total. The molecule has 0 bridgehead atoms. The zero-order chi connectivity index (χ0) is 11.7. The molecular weight excluding hydrogens is 404 g/mol.